The summed E-state index contributed by atoms with van der Waals surface area (Å²) in [6.07, 6.45) is 0. The second kappa shape index (κ2) is 7.69. The van der Waals surface area contributed by atoms with Crippen molar-refractivity contribution in [2.75, 3.05) is 5.32 Å². The van der Waals surface area contributed by atoms with Crippen LogP contribution in [0.1, 0.15) is 25.0 Å². The van der Waals surface area contributed by atoms with E-state index in [1.165, 1.54) is 0 Å². The normalized spacial score (nSPS) is 18.4. The van der Waals surface area contributed by atoms with Crippen LogP contribution in [0.4, 0.5) is 5.69 Å². The molecule has 1 atom stereocenters. The van der Waals surface area contributed by atoms with Crippen molar-refractivity contribution >= 4 is 22.6 Å². The summed E-state index contributed by atoms with van der Waals surface area (Å²) in [4.78, 5) is 13.6. The highest BCUT2D eigenvalue weighted by Gasteiger charge is 2.37. The maximum absolute atomic E-state index is 13.6. The first-order valence-electron chi connectivity index (χ1n) is 9.59. The standard InChI is InChI=1S/C26H23NO/c1-18-23(19(2)27-22-16-10-5-11-17-22)26(28)25(21-14-8-4-9-15-21)24(18)20-12-6-3-7-13-20/h3-18,27H,1-2H3/b23-19-. The Hall–Kier alpha value is -3.39. The average Bonchev–Trinajstić information content (AvgIpc) is 3.00. The lowest BCUT2D eigenvalue weighted by molar-refractivity contribution is -0.110. The third kappa shape index (κ3) is 3.29. The first kappa shape index (κ1) is 18.0. The van der Waals surface area contributed by atoms with Gasteiger partial charge in [-0.25, -0.2) is 0 Å². The summed E-state index contributed by atoms with van der Waals surface area (Å²) < 4.78 is 0. The van der Waals surface area contributed by atoms with Crippen LogP contribution in [0.25, 0.3) is 11.1 Å². The molecule has 0 aromatic heterocycles. The van der Waals surface area contributed by atoms with Crippen molar-refractivity contribution in [1.29, 1.82) is 0 Å². The molecule has 1 aliphatic carbocycles. The molecule has 4 rings (SSSR count). The highest BCUT2D eigenvalue weighted by Crippen LogP contribution is 2.45. The van der Waals surface area contributed by atoms with Crippen LogP contribution in [0, 0.1) is 5.92 Å². The molecule has 0 heterocycles. The SMILES string of the molecule is C/C(Nc1ccccc1)=C1/C(=O)C(c2ccccc2)=C(c2ccccc2)C1C. The first-order valence-corrected chi connectivity index (χ1v) is 9.59. The fourth-order valence-electron chi connectivity index (χ4n) is 4.02. The van der Waals surface area contributed by atoms with Crippen molar-refractivity contribution in [1.82, 2.24) is 0 Å². The monoisotopic (exact) mass is 365 g/mol. The fraction of sp³-hybridized carbons (Fsp3) is 0.115. The number of Topliss-reactive ketones (excluding diaryl/α,β-unsaturated/α-hetero) is 1. The summed E-state index contributed by atoms with van der Waals surface area (Å²) in [5.74, 6) is 0.125. The summed E-state index contributed by atoms with van der Waals surface area (Å²) >= 11 is 0. The molecule has 1 aliphatic rings. The number of rotatable bonds is 4. The average molecular weight is 365 g/mol. The fourth-order valence-corrected chi connectivity index (χ4v) is 4.02. The summed E-state index contributed by atoms with van der Waals surface area (Å²) in [6, 6.07) is 30.2. The predicted molar refractivity (Wildman–Crippen MR) is 117 cm³/mol. The van der Waals surface area contributed by atoms with E-state index in [2.05, 4.69) is 24.4 Å². The van der Waals surface area contributed by atoms with Crippen LogP contribution in [0.15, 0.2) is 102 Å². The third-order valence-electron chi connectivity index (χ3n) is 5.26. The highest BCUT2D eigenvalue weighted by atomic mass is 16.1. The van der Waals surface area contributed by atoms with Crippen LogP contribution in [0.3, 0.4) is 0 Å². The minimum Gasteiger partial charge on any atom is -0.359 e. The molecule has 0 radical (unpaired) electrons. The zero-order valence-corrected chi connectivity index (χ0v) is 16.1. The molecule has 2 heteroatoms. The van der Waals surface area contributed by atoms with E-state index >= 15 is 0 Å². The van der Waals surface area contributed by atoms with Gasteiger partial charge in [-0.05, 0) is 35.8 Å². The molecule has 1 N–H and O–H groups in total. The van der Waals surface area contributed by atoms with E-state index in [9.17, 15) is 4.79 Å². The zero-order chi connectivity index (χ0) is 19.5. The molecule has 0 bridgehead atoms. The summed E-state index contributed by atoms with van der Waals surface area (Å²) in [5, 5.41) is 3.42. The van der Waals surface area contributed by atoms with Crippen molar-refractivity contribution < 1.29 is 4.79 Å². The van der Waals surface area contributed by atoms with Gasteiger partial charge in [0.1, 0.15) is 0 Å². The van der Waals surface area contributed by atoms with Crippen molar-refractivity contribution in [3.8, 4) is 0 Å². The lowest BCUT2D eigenvalue weighted by atomic mass is 9.91. The molecule has 0 saturated carbocycles. The Bertz CT molecular complexity index is 1050. The summed E-state index contributed by atoms with van der Waals surface area (Å²) in [6.45, 7) is 4.12. The molecule has 0 fully saturated rings. The van der Waals surface area contributed by atoms with E-state index in [4.69, 9.17) is 0 Å². The molecule has 3 aromatic carbocycles. The number of hydrogen-bond donors (Lipinski definition) is 1. The molecular weight excluding hydrogens is 342 g/mol. The van der Waals surface area contributed by atoms with Gasteiger partial charge >= 0.3 is 0 Å². The van der Waals surface area contributed by atoms with E-state index in [1.54, 1.807) is 0 Å². The van der Waals surface area contributed by atoms with Gasteiger partial charge in [0.15, 0.2) is 5.78 Å². The van der Waals surface area contributed by atoms with Crippen LogP contribution in [-0.4, -0.2) is 5.78 Å². The Morgan fingerprint density at radius 1 is 0.750 bits per heavy atom. The second-order valence-corrected chi connectivity index (χ2v) is 7.10. The third-order valence-corrected chi connectivity index (χ3v) is 5.26. The molecule has 28 heavy (non-hydrogen) atoms. The van der Waals surface area contributed by atoms with Gasteiger partial charge in [0.25, 0.3) is 0 Å². The van der Waals surface area contributed by atoms with Crippen molar-refractivity contribution in [2.45, 2.75) is 13.8 Å². The molecule has 0 amide bonds. The van der Waals surface area contributed by atoms with Crippen molar-refractivity contribution in [3.63, 3.8) is 0 Å². The number of anilines is 1. The number of hydrogen-bond acceptors (Lipinski definition) is 2. The smallest absolute Gasteiger partial charge is 0.192 e. The Labute approximate surface area is 166 Å². The topological polar surface area (TPSA) is 29.1 Å². The molecule has 1 unspecified atom stereocenters. The Kier molecular flexibility index (Phi) is 4.94. The lowest BCUT2D eigenvalue weighted by Gasteiger charge is -2.15. The van der Waals surface area contributed by atoms with Gasteiger partial charge in [-0.3, -0.25) is 4.79 Å². The molecular formula is C26H23NO. The molecule has 3 aromatic rings. The van der Waals surface area contributed by atoms with E-state index in [-0.39, 0.29) is 11.7 Å². The quantitative estimate of drug-likeness (QED) is 0.558. The van der Waals surface area contributed by atoms with Gasteiger partial charge in [-0.1, -0.05) is 85.8 Å². The molecule has 0 saturated heterocycles. The highest BCUT2D eigenvalue weighted by molar-refractivity contribution is 6.39. The number of carbonyl (C=O) groups excluding carboxylic acids is 1. The number of carbonyl (C=O) groups is 1. The Morgan fingerprint density at radius 3 is 1.82 bits per heavy atom. The minimum atomic E-state index is 0.0151. The van der Waals surface area contributed by atoms with E-state index in [0.29, 0.717) is 0 Å². The minimum absolute atomic E-state index is 0.0151. The van der Waals surface area contributed by atoms with Crippen LogP contribution in [-0.2, 0) is 4.79 Å². The van der Waals surface area contributed by atoms with Crippen LogP contribution in [0.2, 0.25) is 0 Å². The molecule has 138 valence electrons. The molecule has 0 spiro atoms. The number of allylic oxidation sites excluding steroid dienone is 4. The van der Waals surface area contributed by atoms with Gasteiger partial charge in [0, 0.05) is 28.4 Å². The first-order chi connectivity index (χ1) is 13.7. The number of para-hydroxylation sites is 1. The maximum atomic E-state index is 13.6. The predicted octanol–water partition coefficient (Wildman–Crippen LogP) is 6.20. The molecule has 2 nitrogen and oxygen atoms in total. The van der Waals surface area contributed by atoms with Gasteiger partial charge in [0.2, 0.25) is 0 Å². The van der Waals surface area contributed by atoms with Crippen LogP contribution in [0.5, 0.6) is 0 Å². The Morgan fingerprint density at radius 2 is 1.25 bits per heavy atom. The van der Waals surface area contributed by atoms with E-state index < -0.39 is 0 Å². The van der Waals surface area contributed by atoms with Crippen LogP contribution < -0.4 is 5.32 Å². The van der Waals surface area contributed by atoms with Crippen molar-refractivity contribution in [2.24, 2.45) is 5.92 Å². The van der Waals surface area contributed by atoms with Gasteiger partial charge in [0.05, 0.1) is 0 Å². The number of benzene rings is 3. The van der Waals surface area contributed by atoms with Gasteiger partial charge < -0.3 is 5.32 Å². The second-order valence-electron chi connectivity index (χ2n) is 7.10. The maximum Gasteiger partial charge on any atom is 0.192 e. The number of ketones is 1. The van der Waals surface area contributed by atoms with Crippen LogP contribution >= 0.6 is 0 Å². The van der Waals surface area contributed by atoms with E-state index in [0.717, 1.165) is 39.2 Å². The zero-order valence-electron chi connectivity index (χ0n) is 16.1. The van der Waals surface area contributed by atoms with Crippen molar-refractivity contribution in [3.05, 3.63) is 113 Å². The van der Waals surface area contributed by atoms with Gasteiger partial charge in [-0.15, -0.1) is 0 Å². The lowest BCUT2D eigenvalue weighted by Crippen LogP contribution is -2.10. The molecule has 0 aliphatic heterocycles. The summed E-state index contributed by atoms with van der Waals surface area (Å²) in [5.41, 5.74) is 6.71. The van der Waals surface area contributed by atoms with E-state index in [1.807, 2.05) is 85.8 Å². The summed E-state index contributed by atoms with van der Waals surface area (Å²) in [7, 11) is 0. The number of nitrogens with one attached hydrogen (secondary N) is 1. The largest absolute Gasteiger partial charge is 0.359 e. The van der Waals surface area contributed by atoms with Gasteiger partial charge in [-0.2, -0.15) is 0 Å². The Balaban J connectivity index is 1.84.